The maximum absolute atomic E-state index is 11.5. The van der Waals surface area contributed by atoms with Crippen molar-refractivity contribution in [1.29, 1.82) is 0 Å². The topological polar surface area (TPSA) is 29.5 Å². The number of aryl methyl sites for hydroxylation is 1. The molecule has 22 heavy (non-hydrogen) atoms. The highest BCUT2D eigenvalue weighted by molar-refractivity contribution is 6.18. The molecule has 0 N–H and O–H groups in total. The third-order valence-electron chi connectivity index (χ3n) is 3.22. The Morgan fingerprint density at radius 2 is 1.73 bits per heavy atom. The zero-order valence-electron chi connectivity index (χ0n) is 13.4. The van der Waals surface area contributed by atoms with E-state index in [0.717, 1.165) is 31.6 Å². The molecule has 0 aliphatic rings. The minimum atomic E-state index is -0.123. The first-order valence-electron chi connectivity index (χ1n) is 7.72. The van der Waals surface area contributed by atoms with Crippen molar-refractivity contribution in [3.63, 3.8) is 0 Å². The molecule has 1 aromatic rings. The van der Waals surface area contributed by atoms with Crippen LogP contribution < -0.4 is 4.90 Å². The molecule has 1 rings (SSSR count). The van der Waals surface area contributed by atoms with Crippen LogP contribution in [0.2, 0.25) is 0 Å². The van der Waals surface area contributed by atoms with E-state index in [1.807, 2.05) is 13.8 Å². The van der Waals surface area contributed by atoms with Crippen molar-refractivity contribution in [2.24, 2.45) is 0 Å². The van der Waals surface area contributed by atoms with Crippen molar-refractivity contribution in [1.82, 2.24) is 0 Å². The van der Waals surface area contributed by atoms with E-state index >= 15 is 0 Å². The van der Waals surface area contributed by atoms with Crippen LogP contribution in [0.3, 0.4) is 0 Å². The van der Waals surface area contributed by atoms with Gasteiger partial charge in [-0.2, -0.15) is 0 Å². The molecule has 0 radical (unpaired) electrons. The molecular formula is C17H25Cl2NO2. The smallest absolute Gasteiger partial charge is 0.306 e. The van der Waals surface area contributed by atoms with Gasteiger partial charge in [-0.05, 0) is 44.4 Å². The summed E-state index contributed by atoms with van der Waals surface area (Å²) >= 11 is 11.6. The first-order chi connectivity index (χ1) is 10.6. The van der Waals surface area contributed by atoms with Gasteiger partial charge >= 0.3 is 5.97 Å². The number of anilines is 1. The van der Waals surface area contributed by atoms with Gasteiger partial charge in [-0.1, -0.05) is 12.1 Å². The van der Waals surface area contributed by atoms with Crippen LogP contribution >= 0.6 is 23.2 Å². The number of ether oxygens (including phenoxy) is 1. The van der Waals surface area contributed by atoms with Crippen LogP contribution in [0.1, 0.15) is 32.3 Å². The summed E-state index contributed by atoms with van der Waals surface area (Å²) in [5.74, 6) is 1.04. The minimum absolute atomic E-state index is 0.0402. The van der Waals surface area contributed by atoms with Crippen LogP contribution in [0.15, 0.2) is 24.3 Å². The van der Waals surface area contributed by atoms with Gasteiger partial charge in [-0.25, -0.2) is 0 Å². The third-order valence-corrected chi connectivity index (χ3v) is 3.56. The van der Waals surface area contributed by atoms with E-state index in [2.05, 4.69) is 29.2 Å². The lowest BCUT2D eigenvalue weighted by atomic mass is 10.1. The van der Waals surface area contributed by atoms with Crippen LogP contribution in [-0.4, -0.2) is 36.9 Å². The fraction of sp³-hybridized carbons (Fsp3) is 0.588. The van der Waals surface area contributed by atoms with Crippen LogP contribution in [0.25, 0.3) is 0 Å². The van der Waals surface area contributed by atoms with Gasteiger partial charge in [0, 0.05) is 37.0 Å². The molecule has 0 heterocycles. The number of halogens is 2. The quantitative estimate of drug-likeness (QED) is 0.469. The predicted molar refractivity (Wildman–Crippen MR) is 94.3 cm³/mol. The summed E-state index contributed by atoms with van der Waals surface area (Å²) in [6, 6.07) is 8.36. The summed E-state index contributed by atoms with van der Waals surface area (Å²) in [5, 5.41) is 0. The Morgan fingerprint density at radius 1 is 1.14 bits per heavy atom. The van der Waals surface area contributed by atoms with Crippen LogP contribution in [-0.2, 0) is 16.0 Å². The number of esters is 1. The second kappa shape index (κ2) is 10.7. The maximum atomic E-state index is 11.5. The van der Waals surface area contributed by atoms with Gasteiger partial charge in [0.15, 0.2) is 0 Å². The van der Waals surface area contributed by atoms with Gasteiger partial charge in [0.25, 0.3) is 0 Å². The highest BCUT2D eigenvalue weighted by atomic mass is 35.5. The minimum Gasteiger partial charge on any atom is -0.463 e. The Labute approximate surface area is 143 Å². The summed E-state index contributed by atoms with van der Waals surface area (Å²) in [5.41, 5.74) is 2.35. The van der Waals surface area contributed by atoms with Crippen LogP contribution in [0.4, 0.5) is 5.69 Å². The number of benzene rings is 1. The van der Waals surface area contributed by atoms with Gasteiger partial charge in [0.05, 0.1) is 6.10 Å². The molecule has 0 atom stereocenters. The summed E-state index contributed by atoms with van der Waals surface area (Å²) in [6.07, 6.45) is 2.10. The zero-order chi connectivity index (χ0) is 16.4. The Balaban J connectivity index is 2.45. The summed E-state index contributed by atoms with van der Waals surface area (Å²) < 4.78 is 5.12. The van der Waals surface area contributed by atoms with Gasteiger partial charge < -0.3 is 9.64 Å². The molecule has 0 aliphatic heterocycles. The molecule has 0 saturated carbocycles. The van der Waals surface area contributed by atoms with Gasteiger partial charge in [-0.15, -0.1) is 23.2 Å². The molecule has 124 valence electrons. The van der Waals surface area contributed by atoms with E-state index < -0.39 is 0 Å². The molecule has 5 heteroatoms. The fourth-order valence-corrected chi connectivity index (χ4v) is 2.61. The van der Waals surface area contributed by atoms with Gasteiger partial charge in [0.2, 0.25) is 0 Å². The maximum Gasteiger partial charge on any atom is 0.306 e. The molecule has 0 bridgehead atoms. The van der Waals surface area contributed by atoms with Crippen LogP contribution in [0, 0.1) is 0 Å². The van der Waals surface area contributed by atoms with Crippen molar-refractivity contribution in [2.75, 3.05) is 29.7 Å². The SMILES string of the molecule is CC(C)OC(=O)CCCc1ccc(N(CCCl)CCCl)cc1. The molecule has 0 fully saturated rings. The second-order valence-electron chi connectivity index (χ2n) is 5.42. The first-order valence-corrected chi connectivity index (χ1v) is 8.79. The standard InChI is InChI=1S/C17H25Cl2NO2/c1-14(2)22-17(21)5-3-4-15-6-8-16(9-7-15)20(12-10-18)13-11-19/h6-9,14H,3-5,10-13H2,1-2H3. The zero-order valence-corrected chi connectivity index (χ0v) is 14.9. The Kier molecular flexibility index (Phi) is 9.33. The number of hydrogen-bond donors (Lipinski definition) is 0. The lowest BCUT2D eigenvalue weighted by molar-refractivity contribution is -0.147. The monoisotopic (exact) mass is 345 g/mol. The highest BCUT2D eigenvalue weighted by Gasteiger charge is 2.07. The number of nitrogens with zero attached hydrogens (tertiary/aromatic N) is 1. The van der Waals surface area contributed by atoms with Crippen molar-refractivity contribution in [2.45, 2.75) is 39.2 Å². The molecule has 0 aliphatic carbocycles. The molecule has 0 amide bonds. The van der Waals surface area contributed by atoms with E-state index in [9.17, 15) is 4.79 Å². The highest BCUT2D eigenvalue weighted by Crippen LogP contribution is 2.17. The van der Waals surface area contributed by atoms with Crippen molar-refractivity contribution >= 4 is 34.9 Å². The van der Waals surface area contributed by atoms with Gasteiger partial charge in [-0.3, -0.25) is 4.79 Å². The second-order valence-corrected chi connectivity index (χ2v) is 6.18. The largest absolute Gasteiger partial charge is 0.463 e. The lowest BCUT2D eigenvalue weighted by Gasteiger charge is -2.23. The number of rotatable bonds is 10. The Hall–Kier alpha value is -0.930. The number of alkyl halides is 2. The first kappa shape index (κ1) is 19.1. The predicted octanol–water partition coefficient (Wildman–Crippen LogP) is 4.24. The van der Waals surface area contributed by atoms with Crippen molar-refractivity contribution < 1.29 is 9.53 Å². The molecule has 0 spiro atoms. The number of carbonyl (C=O) groups is 1. The summed E-state index contributed by atoms with van der Waals surface area (Å²) in [7, 11) is 0. The molecule has 0 saturated heterocycles. The van der Waals surface area contributed by atoms with Crippen LogP contribution in [0.5, 0.6) is 0 Å². The normalized spacial score (nSPS) is 10.8. The van der Waals surface area contributed by atoms with E-state index in [-0.39, 0.29) is 12.1 Å². The molecule has 0 aromatic heterocycles. The Morgan fingerprint density at radius 3 is 2.23 bits per heavy atom. The third kappa shape index (κ3) is 7.37. The molecule has 3 nitrogen and oxygen atoms in total. The summed E-state index contributed by atoms with van der Waals surface area (Å²) in [4.78, 5) is 13.6. The number of hydrogen-bond acceptors (Lipinski definition) is 3. The molecule has 1 aromatic carbocycles. The van der Waals surface area contributed by atoms with Gasteiger partial charge in [0.1, 0.15) is 0 Å². The number of carbonyl (C=O) groups excluding carboxylic acids is 1. The average molecular weight is 346 g/mol. The molecule has 0 unspecified atom stereocenters. The van der Waals surface area contributed by atoms with E-state index in [4.69, 9.17) is 27.9 Å². The fourth-order valence-electron chi connectivity index (χ4n) is 2.21. The van der Waals surface area contributed by atoms with E-state index in [1.165, 1.54) is 5.56 Å². The molecular weight excluding hydrogens is 321 g/mol. The average Bonchev–Trinajstić information content (AvgIpc) is 2.47. The van der Waals surface area contributed by atoms with E-state index in [0.29, 0.717) is 18.2 Å². The summed E-state index contributed by atoms with van der Waals surface area (Å²) in [6.45, 7) is 5.30. The lowest BCUT2D eigenvalue weighted by Crippen LogP contribution is -2.27. The van der Waals surface area contributed by atoms with Crippen molar-refractivity contribution in [3.8, 4) is 0 Å². The van der Waals surface area contributed by atoms with E-state index in [1.54, 1.807) is 0 Å². The van der Waals surface area contributed by atoms with Crippen molar-refractivity contribution in [3.05, 3.63) is 29.8 Å². The Bertz CT molecular complexity index is 429.